The molecule has 20 heavy (non-hydrogen) atoms. The molecule has 2 aliphatic carbocycles. The van der Waals surface area contributed by atoms with Gasteiger partial charge in [0.25, 0.3) is 5.56 Å². The number of aromatic nitrogens is 2. The van der Waals surface area contributed by atoms with Gasteiger partial charge < -0.3 is 5.32 Å². The van der Waals surface area contributed by atoms with Gasteiger partial charge in [0.2, 0.25) is 0 Å². The number of nitrogens with one attached hydrogen (secondary N) is 1. The van der Waals surface area contributed by atoms with Gasteiger partial charge in [-0.15, -0.1) is 0 Å². The number of rotatable bonds is 6. The topological polar surface area (TPSA) is 46.9 Å². The zero-order chi connectivity index (χ0) is 14.1. The molecule has 1 N–H and O–H groups in total. The fourth-order valence-electron chi connectivity index (χ4n) is 2.95. The Labute approximate surface area is 124 Å². The number of nitrogens with zero attached hydrogens (tertiary/aromatic N) is 2. The molecule has 1 aromatic rings. The van der Waals surface area contributed by atoms with Crippen LogP contribution in [0.5, 0.6) is 0 Å². The summed E-state index contributed by atoms with van der Waals surface area (Å²) < 4.78 is 1.58. The van der Waals surface area contributed by atoms with Crippen molar-refractivity contribution in [3.05, 3.63) is 21.6 Å². The van der Waals surface area contributed by atoms with Gasteiger partial charge in [-0.1, -0.05) is 31.4 Å². The third-order valence-electron chi connectivity index (χ3n) is 4.57. The summed E-state index contributed by atoms with van der Waals surface area (Å²) in [4.78, 5) is 12.4. The fourth-order valence-corrected chi connectivity index (χ4v) is 3.13. The standard InChI is InChI=1S/C15H22ClN3O/c1-2-4-11-7-13(11)18-14-12(16)8-17-19(15(14)20)9-10-5-3-6-10/h8,10-11,13,18H,2-7,9H2,1H3. The minimum absolute atomic E-state index is 0.0634. The average Bonchev–Trinajstić information content (AvgIpc) is 3.10. The molecule has 2 fully saturated rings. The summed E-state index contributed by atoms with van der Waals surface area (Å²) in [6, 6.07) is 0.416. The van der Waals surface area contributed by atoms with Crippen LogP contribution < -0.4 is 10.9 Å². The molecule has 2 aliphatic rings. The van der Waals surface area contributed by atoms with E-state index in [0.29, 0.717) is 28.6 Å². The van der Waals surface area contributed by atoms with Crippen LogP contribution in [-0.4, -0.2) is 15.8 Å². The first-order valence-electron chi connectivity index (χ1n) is 7.71. The van der Waals surface area contributed by atoms with E-state index in [1.807, 2.05) is 0 Å². The van der Waals surface area contributed by atoms with Crippen molar-refractivity contribution in [2.24, 2.45) is 11.8 Å². The first kappa shape index (κ1) is 13.9. The Hall–Kier alpha value is -1.03. The van der Waals surface area contributed by atoms with Gasteiger partial charge in [0.05, 0.1) is 11.2 Å². The van der Waals surface area contributed by atoms with Gasteiger partial charge in [-0.3, -0.25) is 4.79 Å². The number of halogens is 1. The fraction of sp³-hybridized carbons (Fsp3) is 0.733. The lowest BCUT2D eigenvalue weighted by molar-refractivity contribution is 0.262. The molecule has 110 valence electrons. The van der Waals surface area contributed by atoms with E-state index in [4.69, 9.17) is 11.6 Å². The van der Waals surface area contributed by atoms with Crippen molar-refractivity contribution in [3.63, 3.8) is 0 Å². The lowest BCUT2D eigenvalue weighted by atomic mass is 9.85. The second kappa shape index (κ2) is 5.76. The highest BCUT2D eigenvalue weighted by Crippen LogP contribution is 2.37. The first-order chi connectivity index (χ1) is 9.69. The van der Waals surface area contributed by atoms with Crippen LogP contribution in [-0.2, 0) is 6.54 Å². The van der Waals surface area contributed by atoms with Crippen molar-refractivity contribution in [1.29, 1.82) is 0 Å². The van der Waals surface area contributed by atoms with E-state index in [-0.39, 0.29) is 5.56 Å². The summed E-state index contributed by atoms with van der Waals surface area (Å²) >= 11 is 6.14. The van der Waals surface area contributed by atoms with E-state index in [1.54, 1.807) is 10.9 Å². The summed E-state index contributed by atoms with van der Waals surface area (Å²) in [5, 5.41) is 7.95. The maximum atomic E-state index is 12.4. The smallest absolute Gasteiger partial charge is 0.291 e. The molecule has 0 spiro atoms. The number of hydrogen-bond acceptors (Lipinski definition) is 3. The molecule has 2 unspecified atom stereocenters. The maximum Gasteiger partial charge on any atom is 0.291 e. The normalized spacial score (nSPS) is 25.3. The highest BCUT2D eigenvalue weighted by Gasteiger charge is 2.37. The van der Waals surface area contributed by atoms with E-state index in [2.05, 4.69) is 17.3 Å². The quantitative estimate of drug-likeness (QED) is 0.876. The summed E-state index contributed by atoms with van der Waals surface area (Å²) in [6.45, 7) is 2.92. The summed E-state index contributed by atoms with van der Waals surface area (Å²) in [7, 11) is 0. The van der Waals surface area contributed by atoms with Crippen LogP contribution in [0.3, 0.4) is 0 Å². The van der Waals surface area contributed by atoms with Gasteiger partial charge in [0.15, 0.2) is 0 Å². The van der Waals surface area contributed by atoms with Crippen LogP contribution in [0.15, 0.2) is 11.0 Å². The van der Waals surface area contributed by atoms with Crippen LogP contribution >= 0.6 is 11.6 Å². The summed E-state index contributed by atoms with van der Waals surface area (Å²) in [5.74, 6) is 1.31. The first-order valence-corrected chi connectivity index (χ1v) is 8.09. The molecular weight excluding hydrogens is 274 g/mol. The molecule has 2 saturated carbocycles. The van der Waals surface area contributed by atoms with E-state index >= 15 is 0 Å². The predicted octanol–water partition coefficient (Wildman–Crippen LogP) is 3.30. The van der Waals surface area contributed by atoms with Gasteiger partial charge in [-0.25, -0.2) is 4.68 Å². The molecule has 0 amide bonds. The maximum absolute atomic E-state index is 12.4. The Morgan fingerprint density at radius 2 is 2.30 bits per heavy atom. The van der Waals surface area contributed by atoms with E-state index in [0.717, 1.165) is 13.0 Å². The number of hydrogen-bond donors (Lipinski definition) is 1. The minimum Gasteiger partial charge on any atom is -0.376 e. The molecule has 0 bridgehead atoms. The highest BCUT2D eigenvalue weighted by atomic mass is 35.5. The van der Waals surface area contributed by atoms with Gasteiger partial charge in [0, 0.05) is 12.6 Å². The average molecular weight is 296 g/mol. The molecule has 2 atom stereocenters. The monoisotopic (exact) mass is 295 g/mol. The second-order valence-corrected chi connectivity index (χ2v) is 6.59. The van der Waals surface area contributed by atoms with Crippen molar-refractivity contribution >= 4 is 17.3 Å². The molecular formula is C15H22ClN3O. The molecule has 1 aromatic heterocycles. The zero-order valence-electron chi connectivity index (χ0n) is 11.9. The van der Waals surface area contributed by atoms with Crippen molar-refractivity contribution in [2.45, 2.75) is 58.0 Å². The molecule has 0 radical (unpaired) electrons. The molecule has 5 heteroatoms. The second-order valence-electron chi connectivity index (χ2n) is 6.19. The van der Waals surface area contributed by atoms with Crippen LogP contribution in [0.4, 0.5) is 5.69 Å². The van der Waals surface area contributed by atoms with Crippen molar-refractivity contribution < 1.29 is 0 Å². The molecule has 3 rings (SSSR count). The van der Waals surface area contributed by atoms with E-state index in [9.17, 15) is 4.79 Å². The Kier molecular flexibility index (Phi) is 4.01. The Morgan fingerprint density at radius 3 is 2.95 bits per heavy atom. The number of anilines is 1. The molecule has 4 nitrogen and oxygen atoms in total. The molecule has 0 aromatic carbocycles. The third kappa shape index (κ3) is 2.85. The van der Waals surface area contributed by atoms with Crippen LogP contribution in [0, 0.1) is 11.8 Å². The molecule has 1 heterocycles. The van der Waals surface area contributed by atoms with E-state index < -0.39 is 0 Å². The molecule has 0 aliphatic heterocycles. The SMILES string of the molecule is CCCC1CC1Nc1c(Cl)cnn(CC2CCC2)c1=O. The van der Waals surface area contributed by atoms with Crippen LogP contribution in [0.25, 0.3) is 0 Å². The van der Waals surface area contributed by atoms with Gasteiger partial charge in [-0.2, -0.15) is 5.10 Å². The minimum atomic E-state index is -0.0634. The van der Waals surface area contributed by atoms with Gasteiger partial charge in [-0.05, 0) is 37.5 Å². The van der Waals surface area contributed by atoms with Crippen LogP contribution in [0.1, 0.15) is 45.4 Å². The van der Waals surface area contributed by atoms with Gasteiger partial charge >= 0.3 is 0 Å². The summed E-state index contributed by atoms with van der Waals surface area (Å²) in [5.41, 5.74) is 0.483. The van der Waals surface area contributed by atoms with Crippen LogP contribution in [0.2, 0.25) is 5.02 Å². The van der Waals surface area contributed by atoms with Gasteiger partial charge in [0.1, 0.15) is 5.69 Å². The Balaban J connectivity index is 1.72. The Morgan fingerprint density at radius 1 is 1.50 bits per heavy atom. The largest absolute Gasteiger partial charge is 0.376 e. The zero-order valence-corrected chi connectivity index (χ0v) is 12.7. The highest BCUT2D eigenvalue weighted by molar-refractivity contribution is 6.33. The van der Waals surface area contributed by atoms with Crippen molar-refractivity contribution in [1.82, 2.24) is 9.78 Å². The van der Waals surface area contributed by atoms with Crippen molar-refractivity contribution in [3.8, 4) is 0 Å². The Bertz CT molecular complexity index is 538. The van der Waals surface area contributed by atoms with Crippen molar-refractivity contribution in [2.75, 3.05) is 5.32 Å². The van der Waals surface area contributed by atoms with E-state index in [1.165, 1.54) is 32.1 Å². The lowest BCUT2D eigenvalue weighted by Gasteiger charge is -2.25. The molecule has 0 saturated heterocycles. The predicted molar refractivity (Wildman–Crippen MR) is 81.3 cm³/mol. The summed E-state index contributed by atoms with van der Waals surface area (Å²) in [6.07, 6.45) is 8.85. The lowest BCUT2D eigenvalue weighted by Crippen LogP contribution is -2.31. The third-order valence-corrected chi connectivity index (χ3v) is 4.85.